The minimum Gasteiger partial charge on any atom is -0.323 e. The van der Waals surface area contributed by atoms with Crippen molar-refractivity contribution in [1.82, 2.24) is 5.32 Å². The summed E-state index contributed by atoms with van der Waals surface area (Å²) in [6.07, 6.45) is 1.75. The van der Waals surface area contributed by atoms with Crippen molar-refractivity contribution in [2.45, 2.75) is 21.8 Å². The van der Waals surface area contributed by atoms with Gasteiger partial charge in [0.15, 0.2) is 0 Å². The highest BCUT2D eigenvalue weighted by atomic mass is 14.7. The molecule has 0 aliphatic rings. The van der Waals surface area contributed by atoms with Crippen LogP contribution in [-0.2, 0) is 0 Å². The van der Waals surface area contributed by atoms with E-state index in [0.717, 1.165) is 0 Å². The third-order valence-corrected chi connectivity index (χ3v) is 0. The van der Waals surface area contributed by atoms with Crippen molar-refractivity contribution in [2.75, 3.05) is 21.1 Å². The van der Waals surface area contributed by atoms with Crippen LogP contribution < -0.4 is 5.32 Å². The van der Waals surface area contributed by atoms with Crippen molar-refractivity contribution in [2.24, 2.45) is 4.99 Å². The van der Waals surface area contributed by atoms with Crippen molar-refractivity contribution >= 4 is 6.72 Å². The van der Waals surface area contributed by atoms with E-state index in [1.54, 1.807) is 13.1 Å². The SMILES string of the molecule is C.C.C=CC.C=NC.CNC. The molecule has 0 saturated carbocycles. The van der Waals surface area contributed by atoms with E-state index in [4.69, 9.17) is 0 Å². The van der Waals surface area contributed by atoms with Crippen molar-refractivity contribution in [1.29, 1.82) is 0 Å². The molecule has 0 saturated heterocycles. The minimum atomic E-state index is 0. The van der Waals surface area contributed by atoms with Gasteiger partial charge in [-0.2, -0.15) is 0 Å². The maximum Gasteiger partial charge on any atom is 0.0269 e. The molecule has 72 valence electrons. The smallest absolute Gasteiger partial charge is 0.0269 e. The Hall–Kier alpha value is -0.630. The quantitative estimate of drug-likeness (QED) is 0.430. The Morgan fingerprint density at radius 3 is 1.27 bits per heavy atom. The van der Waals surface area contributed by atoms with Crippen LogP contribution in [0.3, 0.4) is 0 Å². The Labute approximate surface area is 73.4 Å². The summed E-state index contributed by atoms with van der Waals surface area (Å²) in [6.45, 7) is 8.36. The van der Waals surface area contributed by atoms with E-state index in [1.807, 2.05) is 21.0 Å². The molecule has 0 atom stereocenters. The third kappa shape index (κ3) is 1280. The molecule has 0 radical (unpaired) electrons. The Morgan fingerprint density at radius 2 is 1.27 bits per heavy atom. The second-order valence-electron chi connectivity index (χ2n) is 1.22. The van der Waals surface area contributed by atoms with Crippen LogP contribution in [0.5, 0.6) is 0 Å². The van der Waals surface area contributed by atoms with Gasteiger partial charge in [0.1, 0.15) is 0 Å². The highest BCUT2D eigenvalue weighted by Crippen LogP contribution is 1.38. The van der Waals surface area contributed by atoms with Crippen molar-refractivity contribution in [3.8, 4) is 0 Å². The third-order valence-electron chi connectivity index (χ3n) is 0. The molecule has 0 aliphatic heterocycles. The molecule has 2 nitrogen and oxygen atoms in total. The number of aliphatic imine (C=N–C) groups is 1. The number of allylic oxidation sites excluding steroid dienone is 1. The number of nitrogens with zero attached hydrogens (tertiary/aromatic N) is 1. The zero-order valence-corrected chi connectivity index (χ0v) is 6.94. The maximum atomic E-state index is 3.36. The van der Waals surface area contributed by atoms with Gasteiger partial charge in [-0.15, -0.1) is 6.58 Å². The van der Waals surface area contributed by atoms with Gasteiger partial charge in [-0.1, -0.05) is 20.9 Å². The van der Waals surface area contributed by atoms with Gasteiger partial charge < -0.3 is 10.3 Å². The molecule has 11 heavy (non-hydrogen) atoms. The van der Waals surface area contributed by atoms with E-state index in [9.17, 15) is 0 Å². The molecule has 0 bridgehead atoms. The molecule has 0 unspecified atom stereocenters. The van der Waals surface area contributed by atoms with Gasteiger partial charge in [0, 0.05) is 7.05 Å². The minimum absolute atomic E-state index is 0. The predicted molar refractivity (Wildman–Crippen MR) is 59.8 cm³/mol. The second-order valence-corrected chi connectivity index (χ2v) is 1.22. The molecular formula is C9H26N2. The molecular weight excluding hydrogens is 136 g/mol. The van der Waals surface area contributed by atoms with E-state index in [0.29, 0.717) is 0 Å². The lowest BCUT2D eigenvalue weighted by molar-refractivity contribution is 1.02. The summed E-state index contributed by atoms with van der Waals surface area (Å²) in [5, 5.41) is 2.75. The molecule has 0 aliphatic carbocycles. The lowest BCUT2D eigenvalue weighted by Crippen LogP contribution is -1.89. The van der Waals surface area contributed by atoms with Gasteiger partial charge in [-0.25, -0.2) is 0 Å². The fourth-order valence-corrected chi connectivity index (χ4v) is 0. The van der Waals surface area contributed by atoms with Gasteiger partial charge in [0.2, 0.25) is 0 Å². The Bertz CT molecular complexity index is 36.8. The van der Waals surface area contributed by atoms with Gasteiger partial charge in [0.05, 0.1) is 0 Å². The maximum absolute atomic E-state index is 3.36. The van der Waals surface area contributed by atoms with Gasteiger partial charge >= 0.3 is 0 Å². The van der Waals surface area contributed by atoms with Gasteiger partial charge in [0.25, 0.3) is 0 Å². The zero-order valence-electron chi connectivity index (χ0n) is 6.94. The molecule has 0 rings (SSSR count). The molecule has 0 aromatic carbocycles. The largest absolute Gasteiger partial charge is 0.323 e. The summed E-state index contributed by atoms with van der Waals surface area (Å²) in [7, 11) is 5.39. The van der Waals surface area contributed by atoms with E-state index in [1.165, 1.54) is 0 Å². The number of rotatable bonds is 0. The molecule has 0 aromatic rings. The number of nitrogens with one attached hydrogen (secondary N) is 1. The molecule has 0 fully saturated rings. The van der Waals surface area contributed by atoms with Crippen LogP contribution in [0.1, 0.15) is 21.8 Å². The van der Waals surface area contributed by atoms with Crippen LogP contribution in [0.25, 0.3) is 0 Å². The van der Waals surface area contributed by atoms with Crippen molar-refractivity contribution in [3.05, 3.63) is 12.7 Å². The summed E-state index contributed by atoms with van der Waals surface area (Å²) in [4.78, 5) is 3.25. The zero-order chi connectivity index (χ0) is 8.12. The molecule has 0 amide bonds. The number of hydrogen-bond acceptors (Lipinski definition) is 2. The first kappa shape index (κ1) is 31.6. The van der Waals surface area contributed by atoms with E-state index >= 15 is 0 Å². The summed E-state index contributed by atoms with van der Waals surface area (Å²) in [5.41, 5.74) is 0. The van der Waals surface area contributed by atoms with Crippen LogP contribution in [0.2, 0.25) is 0 Å². The van der Waals surface area contributed by atoms with Crippen LogP contribution in [0.4, 0.5) is 0 Å². The first-order valence-electron chi connectivity index (χ1n) is 2.75. The van der Waals surface area contributed by atoms with Gasteiger partial charge in [-0.05, 0) is 27.7 Å². The van der Waals surface area contributed by atoms with E-state index < -0.39 is 0 Å². The van der Waals surface area contributed by atoms with Crippen molar-refractivity contribution < 1.29 is 0 Å². The Kier molecular flexibility index (Phi) is 335. The van der Waals surface area contributed by atoms with Crippen LogP contribution >= 0.6 is 0 Å². The molecule has 0 heterocycles. The highest BCUT2D eigenvalue weighted by molar-refractivity contribution is 5.22. The molecule has 2 heteroatoms. The lowest BCUT2D eigenvalue weighted by Gasteiger charge is -1.59. The topological polar surface area (TPSA) is 24.4 Å². The van der Waals surface area contributed by atoms with E-state index in [2.05, 4.69) is 23.6 Å². The fraction of sp³-hybridized carbons (Fsp3) is 0.667. The lowest BCUT2D eigenvalue weighted by atomic mass is 10.8. The standard InChI is InChI=1S/C3H6.C2H7N.C2H5N.2CH4/c3*1-3-2;;/h3H,1H2,2H3;3H,1-2H3;1H2,2H3;2*1H4. The van der Waals surface area contributed by atoms with Crippen molar-refractivity contribution in [3.63, 3.8) is 0 Å². The second kappa shape index (κ2) is 117. The summed E-state index contributed by atoms with van der Waals surface area (Å²) < 4.78 is 0. The van der Waals surface area contributed by atoms with Crippen LogP contribution in [0.15, 0.2) is 17.6 Å². The monoisotopic (exact) mass is 162 g/mol. The summed E-state index contributed by atoms with van der Waals surface area (Å²) in [5.74, 6) is 0. The number of hydrogen-bond donors (Lipinski definition) is 1. The average Bonchev–Trinajstić information content (AvgIpc) is 1.70. The fourth-order valence-electron chi connectivity index (χ4n) is 0. The molecule has 0 aromatic heterocycles. The first-order valence-corrected chi connectivity index (χ1v) is 2.75. The normalized spacial score (nSPS) is 4.00. The summed E-state index contributed by atoms with van der Waals surface area (Å²) in [6, 6.07) is 0. The van der Waals surface area contributed by atoms with Crippen LogP contribution in [0, 0.1) is 0 Å². The van der Waals surface area contributed by atoms with Crippen LogP contribution in [-0.4, -0.2) is 27.9 Å². The average molecular weight is 162 g/mol. The highest BCUT2D eigenvalue weighted by Gasteiger charge is 1.25. The Morgan fingerprint density at radius 1 is 1.27 bits per heavy atom. The Balaban J connectivity index is -0.0000000150. The van der Waals surface area contributed by atoms with E-state index in [-0.39, 0.29) is 14.9 Å². The molecule has 0 spiro atoms. The molecule has 1 N–H and O–H groups in total. The van der Waals surface area contributed by atoms with Gasteiger partial charge in [-0.3, -0.25) is 0 Å². The first-order chi connectivity index (χ1) is 4.24. The predicted octanol–water partition coefficient (Wildman–Crippen LogP) is 2.62. The summed E-state index contributed by atoms with van der Waals surface area (Å²) >= 11 is 0.